The molecule has 2 unspecified atom stereocenters. The molecule has 54 valence electrons. The molecule has 2 aliphatic rings. The van der Waals surface area contributed by atoms with E-state index in [1.165, 1.54) is 0 Å². The molecule has 0 amide bonds. The van der Waals surface area contributed by atoms with E-state index in [2.05, 4.69) is 36.4 Å². The highest BCUT2D eigenvalue weighted by Crippen LogP contribution is 2.41. The van der Waals surface area contributed by atoms with Gasteiger partial charge in [0.1, 0.15) is 0 Å². The Bertz CT molecular complexity index is 296. The lowest BCUT2D eigenvalue weighted by Gasteiger charge is -2.08. The smallest absolute Gasteiger partial charge is 0.0467 e. The van der Waals surface area contributed by atoms with Crippen molar-refractivity contribution in [3.63, 3.8) is 0 Å². The molecular weight excluding hydrogens is 148 g/mol. The Hall–Kier alpha value is -0.823. The van der Waals surface area contributed by atoms with Gasteiger partial charge in [0, 0.05) is 9.52 Å². The van der Waals surface area contributed by atoms with Gasteiger partial charge in [0.15, 0.2) is 0 Å². The van der Waals surface area contributed by atoms with E-state index < -0.39 is 0 Å². The van der Waals surface area contributed by atoms with Gasteiger partial charge in [0.2, 0.25) is 0 Å². The second kappa shape index (κ2) is 1.86. The Morgan fingerprint density at radius 3 is 2.00 bits per heavy atom. The minimum atomic E-state index is 0.139. The molecule has 2 heterocycles. The van der Waals surface area contributed by atoms with E-state index in [0.29, 0.717) is 0 Å². The quantitative estimate of drug-likeness (QED) is 0.397. The van der Waals surface area contributed by atoms with Crippen LogP contribution < -0.4 is 0 Å². The lowest BCUT2D eigenvalue weighted by molar-refractivity contribution is 1.13. The van der Waals surface area contributed by atoms with Crippen molar-refractivity contribution in [1.29, 1.82) is 0 Å². The molecule has 0 spiro atoms. The van der Waals surface area contributed by atoms with Crippen LogP contribution in [0.3, 0.4) is 0 Å². The largest absolute Gasteiger partial charge is 0.0841 e. The fourth-order valence-corrected chi connectivity index (χ4v) is 4.77. The van der Waals surface area contributed by atoms with E-state index in [1.807, 2.05) is 0 Å². The second-order valence-corrected chi connectivity index (χ2v) is 5.69. The summed E-state index contributed by atoms with van der Waals surface area (Å²) >= 11 is 0. The minimum Gasteiger partial charge on any atom is -0.0841 e. The molecule has 0 N–H and O–H groups in total. The lowest BCUT2D eigenvalue weighted by atomic mass is 9.97. The summed E-state index contributed by atoms with van der Waals surface area (Å²) < 4.78 is 0. The van der Waals surface area contributed by atoms with Crippen molar-refractivity contribution in [3.8, 4) is 0 Å². The second-order valence-electron chi connectivity index (χ2n) is 3.46. The van der Waals surface area contributed by atoms with Crippen LogP contribution in [0.1, 0.15) is 22.2 Å². The van der Waals surface area contributed by atoms with Crippen LogP contribution in [-0.2, 0) is 0 Å². The van der Waals surface area contributed by atoms with Crippen molar-refractivity contribution in [3.05, 3.63) is 47.5 Å². The molecule has 0 aliphatic carbocycles. The Balaban J connectivity index is 2.28. The first kappa shape index (κ1) is 5.78. The summed E-state index contributed by atoms with van der Waals surface area (Å²) in [4.78, 5) is 0. The van der Waals surface area contributed by atoms with E-state index in [-0.39, 0.29) is 9.52 Å². The van der Waals surface area contributed by atoms with Crippen molar-refractivity contribution in [2.75, 3.05) is 0 Å². The van der Waals surface area contributed by atoms with E-state index in [0.717, 1.165) is 11.1 Å². The fraction of sp³-hybridized carbons (Fsp3) is 0.200. The predicted molar refractivity (Wildman–Crippen MR) is 49.6 cm³/mol. The lowest BCUT2D eigenvalue weighted by Crippen LogP contribution is -1.93. The Labute approximate surface area is 68.8 Å². The average molecular weight is 158 g/mol. The monoisotopic (exact) mass is 158 g/mol. The molecule has 0 radical (unpaired) electrons. The highest BCUT2D eigenvalue weighted by atomic mass is 28.2. The maximum atomic E-state index is 2.42. The van der Waals surface area contributed by atoms with E-state index in [1.54, 1.807) is 11.1 Å². The SMILES string of the molecule is C1=CC2[SiH2]C1c1ccccc12. The first-order chi connectivity index (χ1) is 5.45. The third-order valence-corrected chi connectivity index (χ3v) is 5.32. The molecule has 2 atom stereocenters. The summed E-state index contributed by atoms with van der Waals surface area (Å²) in [5, 5.41) is 0. The highest BCUT2D eigenvalue weighted by Gasteiger charge is 2.31. The Morgan fingerprint density at radius 1 is 0.909 bits per heavy atom. The number of hydrogen-bond acceptors (Lipinski definition) is 0. The van der Waals surface area contributed by atoms with Crippen molar-refractivity contribution in [2.45, 2.75) is 11.1 Å². The summed E-state index contributed by atoms with van der Waals surface area (Å²) in [6.07, 6.45) is 4.83. The predicted octanol–water partition coefficient (Wildman–Crippen LogP) is 1.52. The number of allylic oxidation sites excluding steroid dienone is 2. The molecule has 1 aromatic carbocycles. The number of hydrogen-bond donors (Lipinski definition) is 0. The zero-order valence-electron chi connectivity index (χ0n) is 6.33. The zero-order chi connectivity index (χ0) is 7.26. The van der Waals surface area contributed by atoms with Crippen LogP contribution in [0.2, 0.25) is 0 Å². The first-order valence-corrected chi connectivity index (χ1v) is 5.85. The summed E-state index contributed by atoms with van der Waals surface area (Å²) in [7, 11) is 0.139. The molecular formula is C10H10Si. The number of rotatable bonds is 0. The van der Waals surface area contributed by atoms with Crippen molar-refractivity contribution < 1.29 is 0 Å². The maximum absolute atomic E-state index is 2.42. The van der Waals surface area contributed by atoms with Gasteiger partial charge >= 0.3 is 0 Å². The van der Waals surface area contributed by atoms with Gasteiger partial charge in [-0.15, -0.1) is 0 Å². The summed E-state index contributed by atoms with van der Waals surface area (Å²) in [5.74, 6) is 0. The molecule has 0 fully saturated rings. The van der Waals surface area contributed by atoms with Crippen molar-refractivity contribution in [1.82, 2.24) is 0 Å². The summed E-state index contributed by atoms with van der Waals surface area (Å²) in [6.45, 7) is 0. The maximum Gasteiger partial charge on any atom is 0.0467 e. The summed E-state index contributed by atoms with van der Waals surface area (Å²) in [5.41, 5.74) is 5.03. The fourth-order valence-electron chi connectivity index (χ4n) is 2.35. The van der Waals surface area contributed by atoms with Crippen molar-refractivity contribution in [2.24, 2.45) is 0 Å². The van der Waals surface area contributed by atoms with Gasteiger partial charge < -0.3 is 0 Å². The van der Waals surface area contributed by atoms with Gasteiger partial charge in [-0.05, 0) is 22.2 Å². The van der Waals surface area contributed by atoms with Gasteiger partial charge in [-0.25, -0.2) is 0 Å². The van der Waals surface area contributed by atoms with Crippen molar-refractivity contribution >= 4 is 9.52 Å². The normalized spacial score (nSPS) is 33.1. The molecule has 2 aliphatic heterocycles. The van der Waals surface area contributed by atoms with Gasteiger partial charge in [-0.1, -0.05) is 36.4 Å². The Morgan fingerprint density at radius 2 is 1.45 bits per heavy atom. The molecule has 11 heavy (non-hydrogen) atoms. The Kier molecular flexibility index (Phi) is 0.976. The average Bonchev–Trinajstić information content (AvgIpc) is 2.64. The van der Waals surface area contributed by atoms with Gasteiger partial charge in [-0.3, -0.25) is 0 Å². The van der Waals surface area contributed by atoms with Gasteiger partial charge in [0.25, 0.3) is 0 Å². The standard InChI is InChI=1S/C10H10Si/c1-2-4-8-7(3-1)9-5-6-10(8)11-9/h1-6,9-10H,11H2. The molecule has 1 aromatic rings. The zero-order valence-corrected chi connectivity index (χ0v) is 7.74. The molecule has 0 saturated heterocycles. The van der Waals surface area contributed by atoms with Crippen LogP contribution in [0.5, 0.6) is 0 Å². The van der Waals surface area contributed by atoms with E-state index in [9.17, 15) is 0 Å². The van der Waals surface area contributed by atoms with Gasteiger partial charge in [-0.2, -0.15) is 0 Å². The van der Waals surface area contributed by atoms with E-state index >= 15 is 0 Å². The van der Waals surface area contributed by atoms with Crippen LogP contribution in [0.4, 0.5) is 0 Å². The van der Waals surface area contributed by atoms with Crippen LogP contribution >= 0.6 is 0 Å². The third kappa shape index (κ3) is 0.640. The summed E-state index contributed by atoms with van der Waals surface area (Å²) in [6, 6.07) is 8.94. The molecule has 1 heteroatoms. The molecule has 0 nitrogen and oxygen atoms in total. The third-order valence-electron chi connectivity index (χ3n) is 2.88. The van der Waals surface area contributed by atoms with Gasteiger partial charge in [0.05, 0.1) is 0 Å². The topological polar surface area (TPSA) is 0 Å². The highest BCUT2D eigenvalue weighted by molar-refractivity contribution is 6.45. The van der Waals surface area contributed by atoms with Crippen LogP contribution in [0, 0.1) is 0 Å². The molecule has 2 bridgehead atoms. The van der Waals surface area contributed by atoms with Crippen LogP contribution in [0.25, 0.3) is 0 Å². The van der Waals surface area contributed by atoms with Crippen LogP contribution in [0.15, 0.2) is 36.4 Å². The molecule has 0 saturated carbocycles. The number of benzene rings is 1. The molecule has 0 aromatic heterocycles. The molecule has 3 rings (SSSR count). The minimum absolute atomic E-state index is 0.139. The van der Waals surface area contributed by atoms with E-state index in [4.69, 9.17) is 0 Å². The first-order valence-electron chi connectivity index (χ1n) is 4.22. The number of fused-ring (bicyclic) bond motifs is 5. The van der Waals surface area contributed by atoms with Crippen LogP contribution in [-0.4, -0.2) is 9.52 Å².